The fourth-order valence-electron chi connectivity index (χ4n) is 3.40. The molecule has 0 amide bonds. The molecule has 1 fully saturated rings. The van der Waals surface area contributed by atoms with Crippen LogP contribution in [0.25, 0.3) is 0 Å². The first-order chi connectivity index (χ1) is 9.79. The molecule has 1 aliphatic carbocycles. The zero-order valence-electron chi connectivity index (χ0n) is 13.3. The van der Waals surface area contributed by atoms with Gasteiger partial charge in [-0.1, -0.05) is 26.8 Å². The minimum Gasteiger partial charge on any atom is -0.497 e. The van der Waals surface area contributed by atoms with Crippen LogP contribution in [-0.2, 0) is 4.79 Å². The Kier molecular flexibility index (Phi) is 4.17. The zero-order valence-corrected chi connectivity index (χ0v) is 13.3. The second-order valence-corrected chi connectivity index (χ2v) is 6.90. The fourth-order valence-corrected chi connectivity index (χ4v) is 3.40. The molecule has 0 aromatic heterocycles. The lowest BCUT2D eigenvalue weighted by Crippen LogP contribution is -2.55. The molecule has 0 spiro atoms. The Morgan fingerprint density at radius 3 is 2.67 bits per heavy atom. The van der Waals surface area contributed by atoms with Crippen molar-refractivity contribution in [2.75, 3.05) is 12.4 Å². The summed E-state index contributed by atoms with van der Waals surface area (Å²) < 4.78 is 5.21. The number of carboxylic acids is 1. The van der Waals surface area contributed by atoms with Crippen molar-refractivity contribution in [3.63, 3.8) is 0 Å². The van der Waals surface area contributed by atoms with Gasteiger partial charge in [-0.3, -0.25) is 0 Å². The highest BCUT2D eigenvalue weighted by Gasteiger charge is 2.49. The number of hydrogen-bond acceptors (Lipinski definition) is 3. The molecular formula is C17H25NO3. The van der Waals surface area contributed by atoms with Crippen LogP contribution in [0.3, 0.4) is 0 Å². The smallest absolute Gasteiger partial charge is 0.329 e. The predicted molar refractivity (Wildman–Crippen MR) is 83.8 cm³/mol. The Morgan fingerprint density at radius 1 is 1.38 bits per heavy atom. The molecule has 116 valence electrons. The topological polar surface area (TPSA) is 58.6 Å². The van der Waals surface area contributed by atoms with Crippen molar-refractivity contribution in [3.05, 3.63) is 24.3 Å². The number of anilines is 1. The van der Waals surface area contributed by atoms with Crippen LogP contribution in [0.2, 0.25) is 0 Å². The van der Waals surface area contributed by atoms with E-state index in [9.17, 15) is 9.90 Å². The van der Waals surface area contributed by atoms with Crippen molar-refractivity contribution in [2.24, 2.45) is 11.3 Å². The second-order valence-electron chi connectivity index (χ2n) is 6.90. The van der Waals surface area contributed by atoms with Gasteiger partial charge in [0.2, 0.25) is 0 Å². The summed E-state index contributed by atoms with van der Waals surface area (Å²) in [5, 5.41) is 13.1. The number of methoxy groups -OCH3 is 1. The highest BCUT2D eigenvalue weighted by molar-refractivity contribution is 5.83. The first-order valence-electron chi connectivity index (χ1n) is 7.45. The van der Waals surface area contributed by atoms with Crippen LogP contribution < -0.4 is 10.1 Å². The van der Waals surface area contributed by atoms with Crippen LogP contribution in [0.4, 0.5) is 5.69 Å². The molecule has 0 aliphatic heterocycles. The summed E-state index contributed by atoms with van der Waals surface area (Å²) in [5.41, 5.74) is 0.0966. The Labute approximate surface area is 126 Å². The summed E-state index contributed by atoms with van der Waals surface area (Å²) in [6, 6.07) is 7.46. The van der Waals surface area contributed by atoms with Crippen molar-refractivity contribution in [2.45, 2.75) is 45.6 Å². The molecule has 1 aromatic carbocycles. The van der Waals surface area contributed by atoms with Gasteiger partial charge < -0.3 is 15.2 Å². The molecule has 21 heavy (non-hydrogen) atoms. The fraction of sp³-hybridized carbons (Fsp3) is 0.588. The van der Waals surface area contributed by atoms with Gasteiger partial charge in [-0.2, -0.15) is 0 Å². The second kappa shape index (κ2) is 5.58. The van der Waals surface area contributed by atoms with Crippen LogP contribution >= 0.6 is 0 Å². The summed E-state index contributed by atoms with van der Waals surface area (Å²) in [6.45, 7) is 6.45. The normalized spacial score (nSPS) is 27.9. The Balaban J connectivity index is 2.29. The molecule has 4 nitrogen and oxygen atoms in total. The van der Waals surface area contributed by atoms with E-state index in [2.05, 4.69) is 19.2 Å². The lowest BCUT2D eigenvalue weighted by molar-refractivity contribution is -0.146. The molecule has 2 N–H and O–H groups in total. The van der Waals surface area contributed by atoms with Gasteiger partial charge in [0.05, 0.1) is 7.11 Å². The van der Waals surface area contributed by atoms with Crippen molar-refractivity contribution in [3.8, 4) is 5.75 Å². The minimum atomic E-state index is -0.901. The predicted octanol–water partition coefficient (Wildman–Crippen LogP) is 3.78. The number of nitrogens with one attached hydrogen (secondary N) is 1. The summed E-state index contributed by atoms with van der Waals surface area (Å²) in [6.07, 6.45) is 2.44. The number of aliphatic carboxylic acids is 1. The van der Waals surface area contributed by atoms with Gasteiger partial charge >= 0.3 is 5.97 Å². The highest BCUT2D eigenvalue weighted by Crippen LogP contribution is 2.45. The average Bonchev–Trinajstić information content (AvgIpc) is 2.41. The quantitative estimate of drug-likeness (QED) is 0.886. The van der Waals surface area contributed by atoms with E-state index in [4.69, 9.17) is 4.74 Å². The Bertz CT molecular complexity index is 527. The van der Waals surface area contributed by atoms with E-state index in [1.165, 1.54) is 0 Å². The standard InChI is InChI=1S/C17H25NO3/c1-12-11-16(2,3)8-9-17(12,15(19)20)18-13-6-5-7-14(10-13)21-4/h5-7,10,12,18H,8-9,11H2,1-4H3,(H,19,20). The van der Waals surface area contributed by atoms with Crippen LogP contribution in [0.5, 0.6) is 5.75 Å². The maximum absolute atomic E-state index is 12.0. The molecule has 1 saturated carbocycles. The first kappa shape index (κ1) is 15.7. The van der Waals surface area contributed by atoms with E-state index in [1.54, 1.807) is 7.11 Å². The Morgan fingerprint density at radius 2 is 2.10 bits per heavy atom. The van der Waals surface area contributed by atoms with Crippen LogP contribution in [0.1, 0.15) is 40.0 Å². The lowest BCUT2D eigenvalue weighted by atomic mass is 9.63. The van der Waals surface area contributed by atoms with Gasteiger partial charge in [-0.15, -0.1) is 0 Å². The molecule has 1 aliphatic rings. The van der Waals surface area contributed by atoms with Crippen molar-refractivity contribution >= 4 is 11.7 Å². The zero-order chi connectivity index (χ0) is 15.7. The van der Waals surface area contributed by atoms with Crippen molar-refractivity contribution < 1.29 is 14.6 Å². The van der Waals surface area contributed by atoms with E-state index >= 15 is 0 Å². The van der Waals surface area contributed by atoms with E-state index in [1.807, 2.05) is 31.2 Å². The third-order valence-electron chi connectivity index (χ3n) is 4.71. The highest BCUT2D eigenvalue weighted by atomic mass is 16.5. The van der Waals surface area contributed by atoms with Crippen LogP contribution in [0, 0.1) is 11.3 Å². The largest absolute Gasteiger partial charge is 0.497 e. The molecule has 1 aromatic rings. The molecule has 4 heteroatoms. The Hall–Kier alpha value is -1.71. The summed E-state index contributed by atoms with van der Waals surface area (Å²) >= 11 is 0. The molecular weight excluding hydrogens is 266 g/mol. The van der Waals surface area contributed by atoms with Crippen LogP contribution in [-0.4, -0.2) is 23.7 Å². The molecule has 2 atom stereocenters. The number of carboxylic acid groups (broad SMARTS) is 1. The lowest BCUT2D eigenvalue weighted by Gasteiger charge is -2.46. The molecule has 0 saturated heterocycles. The first-order valence-corrected chi connectivity index (χ1v) is 7.45. The van der Waals surface area contributed by atoms with E-state index < -0.39 is 11.5 Å². The summed E-state index contributed by atoms with van der Waals surface area (Å²) in [7, 11) is 1.61. The maximum Gasteiger partial charge on any atom is 0.329 e. The van der Waals surface area contributed by atoms with Gasteiger partial charge in [0.15, 0.2) is 0 Å². The third kappa shape index (κ3) is 3.14. The SMILES string of the molecule is COc1cccc(NC2(C(=O)O)CCC(C)(C)CC2C)c1. The molecule has 0 radical (unpaired) electrons. The third-order valence-corrected chi connectivity index (χ3v) is 4.71. The molecule has 0 heterocycles. The number of carbonyl (C=O) groups is 1. The van der Waals surface area contributed by atoms with E-state index in [-0.39, 0.29) is 11.3 Å². The number of rotatable bonds is 4. The van der Waals surface area contributed by atoms with Crippen LogP contribution in [0.15, 0.2) is 24.3 Å². The molecule has 0 bridgehead atoms. The summed E-state index contributed by atoms with van der Waals surface area (Å²) in [4.78, 5) is 12.0. The average molecular weight is 291 g/mol. The van der Waals surface area contributed by atoms with Gasteiger partial charge in [-0.25, -0.2) is 4.79 Å². The van der Waals surface area contributed by atoms with E-state index in [0.29, 0.717) is 6.42 Å². The maximum atomic E-state index is 12.0. The number of ether oxygens (including phenoxy) is 1. The number of hydrogen-bond donors (Lipinski definition) is 2. The van der Waals surface area contributed by atoms with Gasteiger partial charge in [0.25, 0.3) is 0 Å². The van der Waals surface area contributed by atoms with E-state index in [0.717, 1.165) is 24.3 Å². The monoisotopic (exact) mass is 291 g/mol. The minimum absolute atomic E-state index is 0.0601. The van der Waals surface area contributed by atoms with Gasteiger partial charge in [-0.05, 0) is 42.7 Å². The summed E-state index contributed by atoms with van der Waals surface area (Å²) in [5.74, 6) is 0.0163. The molecule has 2 rings (SSSR count). The van der Waals surface area contributed by atoms with Crippen molar-refractivity contribution in [1.29, 1.82) is 0 Å². The van der Waals surface area contributed by atoms with Gasteiger partial charge in [0, 0.05) is 11.8 Å². The van der Waals surface area contributed by atoms with Crippen molar-refractivity contribution in [1.82, 2.24) is 0 Å². The molecule has 2 unspecified atom stereocenters. The van der Waals surface area contributed by atoms with Gasteiger partial charge in [0.1, 0.15) is 11.3 Å². The number of benzene rings is 1.